The Hall–Kier alpha value is -3.22. The molecule has 0 saturated heterocycles. The van der Waals surface area contributed by atoms with Gasteiger partial charge in [0.2, 0.25) is 11.6 Å². The van der Waals surface area contributed by atoms with Gasteiger partial charge in [-0.3, -0.25) is 4.79 Å². The first-order valence-corrected chi connectivity index (χ1v) is 9.83. The molecule has 0 aliphatic carbocycles. The van der Waals surface area contributed by atoms with E-state index in [9.17, 15) is 4.79 Å². The summed E-state index contributed by atoms with van der Waals surface area (Å²) in [4.78, 5) is 22.0. The van der Waals surface area contributed by atoms with E-state index in [-0.39, 0.29) is 23.8 Å². The second-order valence-corrected chi connectivity index (χ2v) is 7.81. The lowest BCUT2D eigenvalue weighted by molar-refractivity contribution is -0.123. The van der Waals surface area contributed by atoms with Crippen LogP contribution in [0.3, 0.4) is 0 Å². The number of aromatic nitrogens is 4. The second kappa shape index (κ2) is 7.31. The van der Waals surface area contributed by atoms with Gasteiger partial charge in [-0.1, -0.05) is 44.2 Å². The van der Waals surface area contributed by atoms with Gasteiger partial charge >= 0.3 is 0 Å². The normalized spacial score (nSPS) is 13.9. The summed E-state index contributed by atoms with van der Waals surface area (Å²) in [5.41, 5.74) is 3.22. The third-order valence-corrected chi connectivity index (χ3v) is 5.46. The average Bonchev–Trinajstić information content (AvgIpc) is 3.26. The maximum absolute atomic E-state index is 12.9. The van der Waals surface area contributed by atoms with E-state index in [1.165, 1.54) is 0 Å². The lowest BCUT2D eigenvalue weighted by Crippen LogP contribution is -2.35. The van der Waals surface area contributed by atoms with Crippen LogP contribution in [-0.4, -0.2) is 25.5 Å². The quantitative estimate of drug-likeness (QED) is 0.553. The molecule has 0 radical (unpaired) electrons. The summed E-state index contributed by atoms with van der Waals surface area (Å²) in [6.45, 7) is 9.90. The molecule has 0 aliphatic heterocycles. The van der Waals surface area contributed by atoms with Gasteiger partial charge in [-0.05, 0) is 32.3 Å². The molecule has 4 aromatic rings. The lowest BCUT2D eigenvalue weighted by atomic mass is 9.98. The van der Waals surface area contributed by atoms with Crippen LogP contribution in [0.4, 0.5) is 0 Å². The molecule has 0 saturated carbocycles. The average molecular weight is 391 g/mol. The molecule has 0 bridgehead atoms. The van der Waals surface area contributed by atoms with E-state index in [1.54, 1.807) is 10.8 Å². The number of hydrogen-bond acceptors (Lipinski definition) is 5. The highest BCUT2D eigenvalue weighted by Gasteiger charge is 2.27. The van der Waals surface area contributed by atoms with Crippen LogP contribution in [0.1, 0.15) is 55.4 Å². The molecule has 0 aliphatic rings. The van der Waals surface area contributed by atoms with Crippen LogP contribution in [0, 0.1) is 19.8 Å². The van der Waals surface area contributed by atoms with E-state index in [0.717, 1.165) is 22.3 Å². The van der Waals surface area contributed by atoms with Crippen molar-refractivity contribution in [2.45, 2.75) is 46.6 Å². The van der Waals surface area contributed by atoms with E-state index in [2.05, 4.69) is 15.4 Å². The minimum absolute atomic E-state index is 0.0487. The number of carbonyl (C=O) groups excluding carboxylic acids is 1. The van der Waals surface area contributed by atoms with Gasteiger partial charge in [-0.2, -0.15) is 0 Å². The summed E-state index contributed by atoms with van der Waals surface area (Å²) in [5, 5.41) is 8.60. The molecule has 4 rings (SSSR count). The van der Waals surface area contributed by atoms with Gasteiger partial charge in [0.1, 0.15) is 12.1 Å². The highest BCUT2D eigenvalue weighted by atomic mass is 16.3. The molecular weight excluding hydrogens is 366 g/mol. The zero-order chi connectivity index (χ0) is 20.7. The molecule has 1 aromatic carbocycles. The number of amides is 1. The van der Waals surface area contributed by atoms with Crippen molar-refractivity contribution in [3.8, 4) is 0 Å². The summed E-state index contributed by atoms with van der Waals surface area (Å²) >= 11 is 0. The Labute approximate surface area is 169 Å². The third kappa shape index (κ3) is 3.37. The molecule has 3 heterocycles. The molecule has 29 heavy (non-hydrogen) atoms. The van der Waals surface area contributed by atoms with Gasteiger partial charge in [0.25, 0.3) is 0 Å². The van der Waals surface area contributed by atoms with Crippen LogP contribution in [0.5, 0.6) is 0 Å². The zero-order valence-corrected chi connectivity index (χ0v) is 17.3. The van der Waals surface area contributed by atoms with Gasteiger partial charge in [0, 0.05) is 5.56 Å². The van der Waals surface area contributed by atoms with Crippen LogP contribution in [-0.2, 0) is 4.79 Å². The molecular formula is C22H25N5O2. The summed E-state index contributed by atoms with van der Waals surface area (Å²) in [5.74, 6) is 1.20. The van der Waals surface area contributed by atoms with Crippen molar-refractivity contribution in [3.05, 3.63) is 59.4 Å². The smallest absolute Gasteiger partial charge is 0.231 e. The topological polar surface area (TPSA) is 85.3 Å². The van der Waals surface area contributed by atoms with E-state index < -0.39 is 0 Å². The van der Waals surface area contributed by atoms with Crippen LogP contribution < -0.4 is 5.32 Å². The van der Waals surface area contributed by atoms with Gasteiger partial charge in [-0.15, -0.1) is 5.10 Å². The molecule has 0 fully saturated rings. The number of aryl methyl sites for hydroxylation is 2. The first-order chi connectivity index (χ1) is 13.9. The van der Waals surface area contributed by atoms with Gasteiger partial charge in [0.15, 0.2) is 11.5 Å². The predicted octanol–water partition coefficient (Wildman–Crippen LogP) is 4.10. The Balaban J connectivity index is 1.69. The predicted molar refractivity (Wildman–Crippen MR) is 111 cm³/mol. The molecule has 0 unspecified atom stereocenters. The van der Waals surface area contributed by atoms with Crippen molar-refractivity contribution in [3.63, 3.8) is 0 Å². The maximum atomic E-state index is 12.9. The largest absolute Gasteiger partial charge is 0.443 e. The number of nitrogens with zero attached hydrogens (tertiary/aromatic N) is 4. The monoisotopic (exact) mass is 391 g/mol. The zero-order valence-electron chi connectivity index (χ0n) is 17.3. The fourth-order valence-corrected chi connectivity index (χ4v) is 3.49. The van der Waals surface area contributed by atoms with Gasteiger partial charge < -0.3 is 9.73 Å². The molecule has 2 atom stereocenters. The SMILES string of the molecule is Cc1oc2ncn3nc([C@@H](NC(=O)[C@H](C)c4ccccc4)C(C)C)nc3c2c1C. The maximum Gasteiger partial charge on any atom is 0.231 e. The van der Waals surface area contributed by atoms with Crippen molar-refractivity contribution < 1.29 is 9.21 Å². The fraction of sp³-hybridized carbons (Fsp3) is 0.364. The van der Waals surface area contributed by atoms with Crippen molar-refractivity contribution in [2.75, 3.05) is 0 Å². The number of hydrogen-bond donors (Lipinski definition) is 1. The molecule has 0 spiro atoms. The molecule has 1 N–H and O–H groups in total. The van der Waals surface area contributed by atoms with Gasteiger partial charge in [-0.25, -0.2) is 14.5 Å². The summed E-state index contributed by atoms with van der Waals surface area (Å²) in [6, 6.07) is 9.44. The highest BCUT2D eigenvalue weighted by Crippen LogP contribution is 2.28. The van der Waals surface area contributed by atoms with Crippen LogP contribution in [0.15, 0.2) is 41.1 Å². The van der Waals surface area contributed by atoms with E-state index in [0.29, 0.717) is 17.2 Å². The van der Waals surface area contributed by atoms with Crippen LogP contribution in [0.2, 0.25) is 0 Å². The van der Waals surface area contributed by atoms with Crippen molar-refractivity contribution >= 4 is 22.7 Å². The summed E-state index contributed by atoms with van der Waals surface area (Å²) in [6.07, 6.45) is 1.60. The number of furan rings is 1. The number of rotatable bonds is 5. The van der Waals surface area contributed by atoms with Crippen molar-refractivity contribution in [1.82, 2.24) is 24.9 Å². The number of carbonyl (C=O) groups is 1. The second-order valence-electron chi connectivity index (χ2n) is 7.81. The molecule has 3 aromatic heterocycles. The summed E-state index contributed by atoms with van der Waals surface area (Å²) < 4.78 is 7.36. The minimum atomic E-state index is -0.308. The number of fused-ring (bicyclic) bond motifs is 3. The first kappa shape index (κ1) is 19.1. The number of benzene rings is 1. The standard InChI is InChI=1S/C22H25N5O2/c1-12(2)18(24-21(28)14(4)16-9-7-6-8-10-16)19-25-20-17-13(3)15(5)29-22(17)23-11-27(20)26-19/h6-12,14,18H,1-5H3,(H,24,28)/t14-,18+/m1/s1. The minimum Gasteiger partial charge on any atom is -0.443 e. The van der Waals surface area contributed by atoms with Crippen molar-refractivity contribution in [2.24, 2.45) is 5.92 Å². The van der Waals surface area contributed by atoms with E-state index >= 15 is 0 Å². The fourth-order valence-electron chi connectivity index (χ4n) is 3.49. The Morgan fingerprint density at radius 1 is 1.14 bits per heavy atom. The molecule has 150 valence electrons. The summed E-state index contributed by atoms with van der Waals surface area (Å²) in [7, 11) is 0. The third-order valence-electron chi connectivity index (χ3n) is 5.46. The first-order valence-electron chi connectivity index (χ1n) is 9.83. The van der Waals surface area contributed by atoms with Crippen molar-refractivity contribution in [1.29, 1.82) is 0 Å². The Morgan fingerprint density at radius 3 is 2.55 bits per heavy atom. The van der Waals surface area contributed by atoms with Gasteiger partial charge in [0.05, 0.1) is 17.3 Å². The molecule has 7 heteroatoms. The van der Waals surface area contributed by atoms with E-state index in [1.807, 2.05) is 65.0 Å². The Bertz CT molecular complexity index is 1180. The van der Waals surface area contributed by atoms with Crippen LogP contribution >= 0.6 is 0 Å². The lowest BCUT2D eigenvalue weighted by Gasteiger charge is -2.22. The number of nitrogens with one attached hydrogen (secondary N) is 1. The Kier molecular flexibility index (Phi) is 4.82. The van der Waals surface area contributed by atoms with Crippen LogP contribution in [0.25, 0.3) is 16.7 Å². The molecule has 1 amide bonds. The molecule has 7 nitrogen and oxygen atoms in total. The van der Waals surface area contributed by atoms with E-state index in [4.69, 9.17) is 9.40 Å². The Morgan fingerprint density at radius 2 is 1.86 bits per heavy atom. The highest BCUT2D eigenvalue weighted by molar-refractivity contribution is 5.91.